The minimum Gasteiger partial charge on any atom is -0.387 e. The molecule has 2 aliphatic rings. The molecule has 0 unspecified atom stereocenters. The van der Waals surface area contributed by atoms with Crippen LogP contribution in [0.1, 0.15) is 291 Å². The Hall–Kier alpha value is -0.930. The second-order valence-corrected chi connectivity index (χ2v) is 28.3. The smallest absolute Gasteiger partial charge is 0.387 e. The lowest BCUT2D eigenvalue weighted by molar-refractivity contribution is -0.330. The molecule has 0 aromatic carbocycles. The number of phosphoric acid groups is 1. The van der Waals surface area contributed by atoms with Crippen LogP contribution < -0.4 is 5.32 Å². The largest absolute Gasteiger partial charge is 0.470 e. The Bertz CT molecular complexity index is 1760. The van der Waals surface area contributed by atoms with E-state index in [9.17, 15) is 38.6 Å². The van der Waals surface area contributed by atoms with Crippen LogP contribution >= 0.6 is 15.4 Å². The molecule has 21 heteroatoms. The fourth-order valence-electron chi connectivity index (χ4n) is 11.9. The molecular formula is C68H133NO18P2. The van der Waals surface area contributed by atoms with Crippen LogP contribution in [0.15, 0.2) is 12.2 Å². The standard InChI is InChI=1S/C68H133NO18P2/c1-7-11-15-19-22-25-27-29-30-31-32-34-36-40-44-48-60(70)69-61-64(82-52-49-57(79-6)47-43-39-18-14-10-4)63(87-89(75,76)77)59(55-78-5)86-67(61)84-56-58-62(71)65(80-50-45-41-37-24-21-17-13-9-3)66(68(85-58)83-53-54-88(72,73)74)81-51-46-42-38-35-33-28-26-23-20-16-12-8-2/h29-30,57-59,61-68,71H,7-28,31-56H2,1-6H3,(H,69,70)(H2,72,73,74)(H2,75,76,77)/b30-29+/t57-,58-,59-,61-,62-,63-,64-,65+,66-,67-,68+/m1/s1. The summed E-state index contributed by atoms with van der Waals surface area (Å²) in [5, 5.41) is 15.4. The zero-order valence-corrected chi connectivity index (χ0v) is 58.7. The van der Waals surface area contributed by atoms with E-state index in [2.05, 4.69) is 45.2 Å². The van der Waals surface area contributed by atoms with Gasteiger partial charge in [0.1, 0.15) is 48.8 Å². The van der Waals surface area contributed by atoms with Crippen LogP contribution in [0, 0.1) is 0 Å². The third-order valence-corrected chi connectivity index (χ3v) is 18.6. The molecule has 89 heavy (non-hydrogen) atoms. The third-order valence-electron chi connectivity index (χ3n) is 17.3. The Balaban J connectivity index is 2.43. The van der Waals surface area contributed by atoms with Gasteiger partial charge in [0.2, 0.25) is 5.91 Å². The zero-order valence-electron chi connectivity index (χ0n) is 56.9. The summed E-state index contributed by atoms with van der Waals surface area (Å²) in [6, 6.07) is -1.21. The highest BCUT2D eigenvalue weighted by atomic mass is 31.2. The van der Waals surface area contributed by atoms with Crippen molar-refractivity contribution in [1.29, 1.82) is 0 Å². The van der Waals surface area contributed by atoms with Crippen molar-refractivity contribution < 1.29 is 85.8 Å². The van der Waals surface area contributed by atoms with Crippen LogP contribution in [0.25, 0.3) is 0 Å². The Labute approximate surface area is 540 Å². The molecular weight excluding hydrogens is 1180 g/mol. The fourth-order valence-corrected chi connectivity index (χ4v) is 12.8. The van der Waals surface area contributed by atoms with E-state index in [-0.39, 0.29) is 44.9 Å². The maximum atomic E-state index is 14.2. The molecule has 528 valence electrons. The SMILES string of the molecule is CCCCCCCC/C=C/CCCCCCCC(=O)N[C@H]1[C@H](OC[C@H]2O[C@H](OCCP(=O)(O)O)[C@H](OCCCCCCCCCCCCCC)[C@@H](OCCCCCCCCCC)[C@@H]2O)O[C@H](COC)[C@@H](OP(=O)(O)O)[C@@H]1OCC[C@@H](CCCCCCC)OC. The van der Waals surface area contributed by atoms with E-state index in [4.69, 9.17) is 47.2 Å². The number of ether oxygens (including phenoxy) is 9. The van der Waals surface area contributed by atoms with Crippen molar-refractivity contribution in [2.24, 2.45) is 0 Å². The maximum Gasteiger partial charge on any atom is 0.470 e. The van der Waals surface area contributed by atoms with Crippen LogP contribution in [-0.2, 0) is 61.1 Å². The number of aliphatic hydroxyl groups excluding tert-OH is 1. The summed E-state index contributed by atoms with van der Waals surface area (Å²) < 4.78 is 87.3. The van der Waals surface area contributed by atoms with Gasteiger partial charge in [0.15, 0.2) is 12.6 Å². The minimum absolute atomic E-state index is 0.0722. The Morgan fingerprint density at radius 1 is 0.472 bits per heavy atom. The van der Waals surface area contributed by atoms with Gasteiger partial charge < -0.3 is 72.6 Å². The second-order valence-electron chi connectivity index (χ2n) is 25.3. The molecule has 0 saturated carbocycles. The second kappa shape index (κ2) is 55.2. The summed E-state index contributed by atoms with van der Waals surface area (Å²) in [6.07, 6.45) is 36.6. The molecule has 19 nitrogen and oxygen atoms in total. The Morgan fingerprint density at radius 2 is 0.921 bits per heavy atom. The number of carbonyl (C=O) groups is 1. The lowest BCUT2D eigenvalue weighted by Gasteiger charge is -2.47. The molecule has 2 rings (SSSR count). The van der Waals surface area contributed by atoms with Crippen molar-refractivity contribution in [3.8, 4) is 0 Å². The van der Waals surface area contributed by atoms with Gasteiger partial charge >= 0.3 is 15.4 Å². The van der Waals surface area contributed by atoms with Gasteiger partial charge in [-0.25, -0.2) is 4.57 Å². The molecule has 2 saturated heterocycles. The minimum atomic E-state index is -5.21. The summed E-state index contributed by atoms with van der Waals surface area (Å²) in [7, 11) is -6.63. The van der Waals surface area contributed by atoms with Gasteiger partial charge in [-0.1, -0.05) is 239 Å². The summed E-state index contributed by atoms with van der Waals surface area (Å²) >= 11 is 0. The average Bonchev–Trinajstić information content (AvgIpc) is 0.931. The number of carbonyl (C=O) groups excluding carboxylic acids is 1. The van der Waals surface area contributed by atoms with Crippen LogP contribution in [0.5, 0.6) is 0 Å². The van der Waals surface area contributed by atoms with Gasteiger partial charge in [0.25, 0.3) is 0 Å². The number of aliphatic hydroxyl groups is 1. The zero-order chi connectivity index (χ0) is 65.1. The number of nitrogens with one attached hydrogen (secondary N) is 1. The number of methoxy groups -OCH3 is 2. The van der Waals surface area contributed by atoms with Crippen LogP contribution in [0.4, 0.5) is 0 Å². The van der Waals surface area contributed by atoms with Crippen LogP contribution in [0.3, 0.4) is 0 Å². The third kappa shape index (κ3) is 43.0. The fraction of sp³-hybridized carbons (Fsp3) is 0.956. The molecule has 0 aliphatic carbocycles. The number of hydrogen-bond acceptors (Lipinski definition) is 14. The molecule has 2 heterocycles. The Kier molecular flexibility index (Phi) is 52.2. The van der Waals surface area contributed by atoms with Crippen molar-refractivity contribution in [3.63, 3.8) is 0 Å². The summed E-state index contributed by atoms with van der Waals surface area (Å²) in [4.78, 5) is 54.7. The van der Waals surface area contributed by atoms with E-state index in [1.54, 1.807) is 7.11 Å². The average molecular weight is 1310 g/mol. The number of hydrogen-bond donors (Lipinski definition) is 6. The molecule has 0 spiro atoms. The summed E-state index contributed by atoms with van der Waals surface area (Å²) in [5.41, 5.74) is 0. The van der Waals surface area contributed by atoms with Crippen LogP contribution in [-0.4, -0.2) is 158 Å². The molecule has 1 amide bonds. The van der Waals surface area contributed by atoms with E-state index in [1.807, 2.05) is 0 Å². The number of unbranched alkanes of at least 4 members (excludes halogenated alkanes) is 33. The van der Waals surface area contributed by atoms with Gasteiger partial charge in [-0.05, 0) is 57.8 Å². The summed E-state index contributed by atoms with van der Waals surface area (Å²) in [6.45, 7) is 8.58. The monoisotopic (exact) mass is 1310 g/mol. The molecule has 0 radical (unpaired) electrons. The number of allylic oxidation sites excluding steroid dienone is 2. The first-order valence-electron chi connectivity index (χ1n) is 35.9. The quantitative estimate of drug-likeness (QED) is 0.0188. The number of amides is 1. The van der Waals surface area contributed by atoms with Gasteiger partial charge in [0, 0.05) is 40.5 Å². The van der Waals surface area contributed by atoms with E-state index < -0.39 is 82.9 Å². The lowest BCUT2D eigenvalue weighted by Crippen LogP contribution is -2.67. The van der Waals surface area contributed by atoms with Gasteiger partial charge in [0.05, 0.1) is 32.1 Å². The van der Waals surface area contributed by atoms with Gasteiger partial charge in [-0.2, -0.15) is 0 Å². The first-order chi connectivity index (χ1) is 43.1. The molecule has 2 fully saturated rings. The molecule has 2 aliphatic heterocycles. The predicted molar refractivity (Wildman–Crippen MR) is 354 cm³/mol. The Morgan fingerprint density at radius 3 is 1.40 bits per heavy atom. The van der Waals surface area contributed by atoms with E-state index in [1.165, 1.54) is 123 Å². The first-order valence-corrected chi connectivity index (χ1v) is 39.3. The topological polar surface area (TPSA) is 257 Å². The first kappa shape index (κ1) is 84.2. The van der Waals surface area contributed by atoms with Gasteiger partial charge in [-0.15, -0.1) is 0 Å². The highest BCUT2D eigenvalue weighted by Crippen LogP contribution is 2.43. The lowest BCUT2D eigenvalue weighted by atomic mass is 9.95. The van der Waals surface area contributed by atoms with Crippen molar-refractivity contribution in [2.45, 2.75) is 358 Å². The molecule has 0 bridgehead atoms. The highest BCUT2D eigenvalue weighted by Gasteiger charge is 2.53. The van der Waals surface area contributed by atoms with Crippen molar-refractivity contribution >= 4 is 21.3 Å². The number of phosphoric ester groups is 1. The van der Waals surface area contributed by atoms with Crippen molar-refractivity contribution in [3.05, 3.63) is 12.2 Å². The van der Waals surface area contributed by atoms with E-state index in [0.29, 0.717) is 26.1 Å². The van der Waals surface area contributed by atoms with E-state index in [0.717, 1.165) is 128 Å². The van der Waals surface area contributed by atoms with Gasteiger partial charge in [-0.3, -0.25) is 13.9 Å². The normalized spacial score (nSPS) is 23.0. The number of rotatable bonds is 62. The maximum absolute atomic E-state index is 14.2. The van der Waals surface area contributed by atoms with Crippen LogP contribution in [0.2, 0.25) is 0 Å². The molecule has 6 N–H and O–H groups in total. The molecule has 0 aromatic rings. The van der Waals surface area contributed by atoms with Crippen molar-refractivity contribution in [1.82, 2.24) is 5.32 Å². The molecule has 0 aromatic heterocycles. The highest BCUT2D eigenvalue weighted by molar-refractivity contribution is 7.51. The predicted octanol–water partition coefficient (Wildman–Crippen LogP) is 15.4. The van der Waals surface area contributed by atoms with E-state index >= 15 is 0 Å². The molecule has 11 atom stereocenters. The summed E-state index contributed by atoms with van der Waals surface area (Å²) in [5.74, 6) is -0.351. The van der Waals surface area contributed by atoms with Crippen molar-refractivity contribution in [2.75, 3.05) is 60.0 Å².